The van der Waals surface area contributed by atoms with E-state index in [1.165, 1.54) is 51.9 Å². The highest BCUT2D eigenvalue weighted by molar-refractivity contribution is 4.84. The van der Waals surface area contributed by atoms with Crippen molar-refractivity contribution in [3.8, 4) is 0 Å². The van der Waals surface area contributed by atoms with Gasteiger partial charge in [-0.3, -0.25) is 9.80 Å². The quantitative estimate of drug-likeness (QED) is 0.727. The summed E-state index contributed by atoms with van der Waals surface area (Å²) in [5.74, 6) is 0. The van der Waals surface area contributed by atoms with Gasteiger partial charge in [0.05, 0.1) is 0 Å². The summed E-state index contributed by atoms with van der Waals surface area (Å²) in [4.78, 5) is 5.35. The lowest BCUT2D eigenvalue weighted by Crippen LogP contribution is -2.55. The van der Waals surface area contributed by atoms with Crippen LogP contribution in [0.15, 0.2) is 0 Å². The van der Waals surface area contributed by atoms with Crippen LogP contribution in [0.25, 0.3) is 0 Å². The molecular weight excluding hydrogens is 208 g/mol. The average molecular weight is 240 g/mol. The lowest BCUT2D eigenvalue weighted by molar-refractivity contribution is 0.0377. The molecular formula is C15H32N2. The summed E-state index contributed by atoms with van der Waals surface area (Å²) in [6.07, 6.45) is 5.40. The Hall–Kier alpha value is -0.0800. The predicted octanol–water partition coefficient (Wildman–Crippen LogP) is 3.37. The summed E-state index contributed by atoms with van der Waals surface area (Å²) in [7, 11) is 0. The Kier molecular flexibility index (Phi) is 5.94. The van der Waals surface area contributed by atoms with Crippen molar-refractivity contribution in [3.63, 3.8) is 0 Å². The predicted molar refractivity (Wildman–Crippen MR) is 76.5 cm³/mol. The zero-order valence-electron chi connectivity index (χ0n) is 12.6. The second-order valence-electron chi connectivity index (χ2n) is 6.43. The highest BCUT2D eigenvalue weighted by Gasteiger charge is 2.28. The molecule has 0 aromatic carbocycles. The Morgan fingerprint density at radius 3 is 1.71 bits per heavy atom. The molecule has 17 heavy (non-hydrogen) atoms. The molecule has 0 spiro atoms. The fourth-order valence-electron chi connectivity index (χ4n) is 2.93. The summed E-state index contributed by atoms with van der Waals surface area (Å²) in [5, 5.41) is 0. The third kappa shape index (κ3) is 4.59. The molecule has 0 bridgehead atoms. The maximum atomic E-state index is 2.73. The minimum Gasteiger partial charge on any atom is -0.298 e. The number of hydrogen-bond donors (Lipinski definition) is 0. The van der Waals surface area contributed by atoms with Gasteiger partial charge in [0.25, 0.3) is 0 Å². The van der Waals surface area contributed by atoms with Gasteiger partial charge >= 0.3 is 0 Å². The molecule has 1 rings (SSSR count). The number of nitrogens with zero attached hydrogens (tertiary/aromatic N) is 2. The standard InChI is InChI=1S/C15H32N2/c1-6-8-14(9-7-2)16-10-12-17(13-11-16)15(3,4)5/h14H,6-13H2,1-5H3. The van der Waals surface area contributed by atoms with Crippen LogP contribution in [0, 0.1) is 0 Å². The lowest BCUT2D eigenvalue weighted by Gasteiger charge is -2.44. The molecule has 1 heterocycles. The van der Waals surface area contributed by atoms with E-state index in [2.05, 4.69) is 44.4 Å². The molecule has 1 aliphatic rings. The van der Waals surface area contributed by atoms with Gasteiger partial charge in [-0.2, -0.15) is 0 Å². The molecule has 0 atom stereocenters. The number of piperazine rings is 1. The second kappa shape index (κ2) is 6.75. The Morgan fingerprint density at radius 2 is 1.35 bits per heavy atom. The van der Waals surface area contributed by atoms with Crippen molar-refractivity contribution < 1.29 is 0 Å². The van der Waals surface area contributed by atoms with Gasteiger partial charge in [-0.1, -0.05) is 26.7 Å². The van der Waals surface area contributed by atoms with E-state index < -0.39 is 0 Å². The first-order valence-electron chi connectivity index (χ1n) is 7.48. The van der Waals surface area contributed by atoms with Crippen LogP contribution in [0.1, 0.15) is 60.3 Å². The van der Waals surface area contributed by atoms with E-state index >= 15 is 0 Å². The van der Waals surface area contributed by atoms with Crippen LogP contribution < -0.4 is 0 Å². The maximum Gasteiger partial charge on any atom is 0.0126 e. The van der Waals surface area contributed by atoms with Gasteiger partial charge in [-0.15, -0.1) is 0 Å². The third-order valence-electron chi connectivity index (χ3n) is 4.02. The fourth-order valence-corrected chi connectivity index (χ4v) is 2.93. The van der Waals surface area contributed by atoms with E-state index in [1.54, 1.807) is 0 Å². The van der Waals surface area contributed by atoms with Crippen LogP contribution in [0.2, 0.25) is 0 Å². The summed E-state index contributed by atoms with van der Waals surface area (Å²) < 4.78 is 0. The van der Waals surface area contributed by atoms with Crippen LogP contribution in [0.3, 0.4) is 0 Å². The molecule has 2 heteroatoms. The molecule has 0 aromatic heterocycles. The fraction of sp³-hybridized carbons (Fsp3) is 1.00. The van der Waals surface area contributed by atoms with Gasteiger partial charge in [-0.05, 0) is 33.6 Å². The molecule has 0 aliphatic carbocycles. The normalized spacial score (nSPS) is 20.1. The van der Waals surface area contributed by atoms with Gasteiger partial charge in [0.1, 0.15) is 0 Å². The molecule has 102 valence electrons. The number of rotatable bonds is 5. The van der Waals surface area contributed by atoms with Crippen LogP contribution in [-0.4, -0.2) is 47.6 Å². The van der Waals surface area contributed by atoms with E-state index in [4.69, 9.17) is 0 Å². The lowest BCUT2D eigenvalue weighted by atomic mass is 10.0. The Morgan fingerprint density at radius 1 is 0.882 bits per heavy atom. The molecule has 0 amide bonds. The first-order valence-corrected chi connectivity index (χ1v) is 7.48. The van der Waals surface area contributed by atoms with Gasteiger partial charge in [-0.25, -0.2) is 0 Å². The van der Waals surface area contributed by atoms with Gasteiger partial charge in [0.15, 0.2) is 0 Å². The van der Waals surface area contributed by atoms with Crippen LogP contribution >= 0.6 is 0 Å². The van der Waals surface area contributed by atoms with Crippen molar-refractivity contribution in [2.45, 2.75) is 71.9 Å². The SMILES string of the molecule is CCCC(CCC)N1CCN(C(C)(C)C)CC1. The molecule has 0 saturated carbocycles. The molecule has 0 N–H and O–H groups in total. The van der Waals surface area contributed by atoms with Crippen molar-refractivity contribution in [1.29, 1.82) is 0 Å². The minimum absolute atomic E-state index is 0.344. The van der Waals surface area contributed by atoms with E-state index in [9.17, 15) is 0 Å². The zero-order chi connectivity index (χ0) is 12.9. The molecule has 0 aromatic rings. The topological polar surface area (TPSA) is 6.48 Å². The largest absolute Gasteiger partial charge is 0.298 e. The van der Waals surface area contributed by atoms with Gasteiger partial charge in [0, 0.05) is 37.8 Å². The van der Waals surface area contributed by atoms with Crippen molar-refractivity contribution >= 4 is 0 Å². The smallest absolute Gasteiger partial charge is 0.0126 e. The molecule has 2 nitrogen and oxygen atoms in total. The maximum absolute atomic E-state index is 2.73. The monoisotopic (exact) mass is 240 g/mol. The summed E-state index contributed by atoms with van der Waals surface area (Å²) in [6.45, 7) is 16.6. The Labute approximate surface area is 108 Å². The van der Waals surface area contributed by atoms with Crippen molar-refractivity contribution in [3.05, 3.63) is 0 Å². The van der Waals surface area contributed by atoms with Crippen LogP contribution in [0.5, 0.6) is 0 Å². The Balaban J connectivity index is 2.43. The van der Waals surface area contributed by atoms with Crippen LogP contribution in [-0.2, 0) is 0 Å². The zero-order valence-corrected chi connectivity index (χ0v) is 12.6. The summed E-state index contributed by atoms with van der Waals surface area (Å²) >= 11 is 0. The van der Waals surface area contributed by atoms with E-state index in [0.717, 1.165) is 6.04 Å². The minimum atomic E-state index is 0.344. The molecule has 1 fully saturated rings. The Bertz CT molecular complexity index is 193. The second-order valence-corrected chi connectivity index (χ2v) is 6.43. The third-order valence-corrected chi connectivity index (χ3v) is 4.02. The summed E-state index contributed by atoms with van der Waals surface area (Å²) in [6, 6.07) is 0.840. The van der Waals surface area contributed by atoms with Crippen LogP contribution in [0.4, 0.5) is 0 Å². The number of hydrogen-bond acceptors (Lipinski definition) is 2. The van der Waals surface area contributed by atoms with E-state index in [-0.39, 0.29) is 0 Å². The highest BCUT2D eigenvalue weighted by Crippen LogP contribution is 2.20. The van der Waals surface area contributed by atoms with Gasteiger partial charge in [0.2, 0.25) is 0 Å². The average Bonchev–Trinajstić information content (AvgIpc) is 2.28. The molecule has 0 unspecified atom stereocenters. The molecule has 1 aliphatic heterocycles. The van der Waals surface area contributed by atoms with E-state index in [0.29, 0.717) is 5.54 Å². The summed E-state index contributed by atoms with van der Waals surface area (Å²) in [5.41, 5.74) is 0.344. The van der Waals surface area contributed by atoms with Gasteiger partial charge < -0.3 is 0 Å². The van der Waals surface area contributed by atoms with E-state index in [1.807, 2.05) is 0 Å². The molecule has 0 radical (unpaired) electrons. The first kappa shape index (κ1) is 15.0. The molecule has 1 saturated heterocycles. The van der Waals surface area contributed by atoms with Crippen molar-refractivity contribution in [2.75, 3.05) is 26.2 Å². The first-order chi connectivity index (χ1) is 7.99. The highest BCUT2D eigenvalue weighted by atomic mass is 15.3. The van der Waals surface area contributed by atoms with Crippen molar-refractivity contribution in [1.82, 2.24) is 9.80 Å². The van der Waals surface area contributed by atoms with Crippen molar-refractivity contribution in [2.24, 2.45) is 0 Å².